The molecule has 144 valence electrons. The van der Waals surface area contributed by atoms with E-state index in [0.29, 0.717) is 16.6 Å². The molecule has 1 amide bonds. The Hall–Kier alpha value is -3.82. The number of hydrogen-bond acceptors (Lipinski definition) is 6. The van der Waals surface area contributed by atoms with E-state index in [0.717, 1.165) is 10.5 Å². The molecule has 0 bridgehead atoms. The fourth-order valence-electron chi connectivity index (χ4n) is 3.71. The molecule has 1 aromatic carbocycles. The van der Waals surface area contributed by atoms with Gasteiger partial charge in [0.2, 0.25) is 0 Å². The molecule has 3 aromatic rings. The van der Waals surface area contributed by atoms with Crippen molar-refractivity contribution in [1.29, 1.82) is 0 Å². The number of amides is 1. The van der Waals surface area contributed by atoms with Gasteiger partial charge >= 0.3 is 12.1 Å². The summed E-state index contributed by atoms with van der Waals surface area (Å²) >= 11 is 0. The lowest BCUT2D eigenvalue weighted by Crippen LogP contribution is -2.39. The van der Waals surface area contributed by atoms with Crippen LogP contribution < -0.4 is 5.73 Å². The van der Waals surface area contributed by atoms with Crippen LogP contribution in [0.15, 0.2) is 36.8 Å². The van der Waals surface area contributed by atoms with Gasteiger partial charge in [-0.05, 0) is 17.7 Å². The van der Waals surface area contributed by atoms with Crippen LogP contribution in [0, 0.1) is 0 Å². The molecule has 1 aliphatic heterocycles. The van der Waals surface area contributed by atoms with Crippen LogP contribution in [0.2, 0.25) is 0 Å². The second kappa shape index (κ2) is 6.41. The van der Waals surface area contributed by atoms with Gasteiger partial charge < -0.3 is 25.6 Å². The molecule has 10 nitrogen and oxygen atoms in total. The number of nitrogen functional groups attached to an aromatic ring is 1. The zero-order chi connectivity index (χ0) is 20.0. The maximum Gasteiger partial charge on any atom is 0.408 e. The Balaban J connectivity index is 1.85. The summed E-state index contributed by atoms with van der Waals surface area (Å²) in [6, 6.07) is 4.98. The zero-order valence-corrected chi connectivity index (χ0v) is 14.6. The highest BCUT2D eigenvalue weighted by atomic mass is 16.4. The lowest BCUT2D eigenvalue weighted by Gasteiger charge is -2.17. The molecule has 5 N–H and O–H groups in total. The number of phenolic OH excluding ortho intramolecular Hbond substituents is 1. The van der Waals surface area contributed by atoms with E-state index in [1.54, 1.807) is 35.0 Å². The number of carboxylic acids is 1. The third-order valence-corrected chi connectivity index (χ3v) is 5.02. The van der Waals surface area contributed by atoms with E-state index in [1.807, 2.05) is 0 Å². The molecule has 1 aliphatic rings. The number of nitrogens with two attached hydrogens (primary N) is 1. The Morgan fingerprint density at radius 3 is 2.46 bits per heavy atom. The molecule has 28 heavy (non-hydrogen) atoms. The molecule has 0 radical (unpaired) electrons. The van der Waals surface area contributed by atoms with Crippen LogP contribution in [-0.2, 0) is 4.79 Å². The highest BCUT2D eigenvalue weighted by molar-refractivity contribution is 6.00. The normalized spacial score (nSPS) is 19.2. The summed E-state index contributed by atoms with van der Waals surface area (Å²) < 4.78 is 1.76. The highest BCUT2D eigenvalue weighted by Crippen LogP contribution is 2.38. The first kappa shape index (κ1) is 17.6. The summed E-state index contributed by atoms with van der Waals surface area (Å²) in [7, 11) is 0. The molecule has 4 rings (SSSR count). The lowest BCUT2D eigenvalue weighted by atomic mass is 10.1. The second-order valence-corrected chi connectivity index (χ2v) is 6.63. The molecular weight excluding hydrogens is 366 g/mol. The monoisotopic (exact) mass is 383 g/mol. The maximum absolute atomic E-state index is 11.5. The van der Waals surface area contributed by atoms with Gasteiger partial charge in [-0.25, -0.2) is 19.6 Å². The van der Waals surface area contributed by atoms with Crippen molar-refractivity contribution >= 4 is 28.9 Å². The summed E-state index contributed by atoms with van der Waals surface area (Å²) in [4.78, 5) is 32.2. The highest BCUT2D eigenvalue weighted by Gasteiger charge is 2.41. The predicted molar refractivity (Wildman–Crippen MR) is 98.8 cm³/mol. The topological polar surface area (TPSA) is 155 Å². The number of benzene rings is 1. The van der Waals surface area contributed by atoms with E-state index in [1.165, 1.54) is 6.33 Å². The van der Waals surface area contributed by atoms with Crippen LogP contribution in [0.3, 0.4) is 0 Å². The van der Waals surface area contributed by atoms with Gasteiger partial charge in [0.05, 0.1) is 11.4 Å². The van der Waals surface area contributed by atoms with E-state index in [4.69, 9.17) is 5.73 Å². The zero-order valence-electron chi connectivity index (χ0n) is 14.6. The number of nitrogens with zero attached hydrogens (tertiary/aromatic N) is 4. The van der Waals surface area contributed by atoms with Crippen molar-refractivity contribution in [1.82, 2.24) is 19.4 Å². The number of carboxylic acid groups (broad SMARTS) is 2. The summed E-state index contributed by atoms with van der Waals surface area (Å²) in [5.74, 6) is -0.808. The smallest absolute Gasteiger partial charge is 0.408 e. The van der Waals surface area contributed by atoms with Crippen molar-refractivity contribution in [3.05, 3.63) is 36.8 Å². The van der Waals surface area contributed by atoms with Gasteiger partial charge in [0.15, 0.2) is 0 Å². The van der Waals surface area contributed by atoms with Crippen molar-refractivity contribution in [2.75, 3.05) is 12.3 Å². The van der Waals surface area contributed by atoms with Gasteiger partial charge in [0.25, 0.3) is 0 Å². The Morgan fingerprint density at radius 1 is 1.14 bits per heavy atom. The van der Waals surface area contributed by atoms with Crippen LogP contribution in [0.1, 0.15) is 12.5 Å². The number of hydrogen-bond donors (Lipinski definition) is 4. The van der Waals surface area contributed by atoms with Gasteiger partial charge in [-0.2, -0.15) is 0 Å². The minimum Gasteiger partial charge on any atom is -0.508 e. The Bertz CT molecular complexity index is 1060. The molecule has 2 atom stereocenters. The summed E-state index contributed by atoms with van der Waals surface area (Å²) in [5, 5.41) is 28.9. The fourth-order valence-corrected chi connectivity index (χ4v) is 3.71. The van der Waals surface area contributed by atoms with E-state index in [9.17, 15) is 24.9 Å². The van der Waals surface area contributed by atoms with E-state index in [2.05, 4.69) is 9.97 Å². The van der Waals surface area contributed by atoms with Crippen LogP contribution in [-0.4, -0.2) is 59.4 Å². The molecule has 10 heteroatoms. The number of likely N-dealkylation sites (tertiary alicyclic amines) is 1. The number of aromatic nitrogens is 3. The first-order chi connectivity index (χ1) is 13.4. The van der Waals surface area contributed by atoms with E-state index < -0.39 is 24.1 Å². The third-order valence-electron chi connectivity index (χ3n) is 5.02. The summed E-state index contributed by atoms with van der Waals surface area (Å²) in [6.07, 6.45) is 1.92. The predicted octanol–water partition coefficient (Wildman–Crippen LogP) is 1.76. The van der Waals surface area contributed by atoms with Crippen LogP contribution in [0.4, 0.5) is 10.6 Å². The first-order valence-corrected chi connectivity index (χ1v) is 8.49. The number of anilines is 1. The Kier molecular flexibility index (Phi) is 4.03. The number of carbonyl (C=O) groups is 2. The van der Waals surface area contributed by atoms with Crippen LogP contribution in [0.5, 0.6) is 5.75 Å². The minimum atomic E-state index is -1.28. The van der Waals surface area contributed by atoms with Gasteiger partial charge in [-0.3, -0.25) is 4.90 Å². The van der Waals surface area contributed by atoms with E-state index >= 15 is 0 Å². The van der Waals surface area contributed by atoms with Crippen molar-refractivity contribution in [2.24, 2.45) is 0 Å². The van der Waals surface area contributed by atoms with Crippen molar-refractivity contribution in [3.8, 4) is 16.9 Å². The number of fused-ring (bicyclic) bond motifs is 1. The van der Waals surface area contributed by atoms with Gasteiger partial charge in [0, 0.05) is 24.7 Å². The number of phenols is 1. The lowest BCUT2D eigenvalue weighted by molar-refractivity contribution is -0.141. The molecule has 2 aromatic heterocycles. The van der Waals surface area contributed by atoms with E-state index in [-0.39, 0.29) is 24.5 Å². The second-order valence-electron chi connectivity index (χ2n) is 6.63. The maximum atomic E-state index is 11.5. The third kappa shape index (κ3) is 2.75. The number of aliphatic carboxylic acids is 1. The summed E-state index contributed by atoms with van der Waals surface area (Å²) in [5.41, 5.74) is 8.06. The van der Waals surface area contributed by atoms with Crippen LogP contribution >= 0.6 is 0 Å². The van der Waals surface area contributed by atoms with Gasteiger partial charge in [-0.1, -0.05) is 12.1 Å². The van der Waals surface area contributed by atoms with Crippen molar-refractivity contribution in [3.63, 3.8) is 0 Å². The fraction of sp³-hybridized carbons (Fsp3) is 0.222. The Labute approximate surface area is 158 Å². The van der Waals surface area contributed by atoms with Gasteiger partial charge in [-0.15, -0.1) is 0 Å². The molecule has 0 aliphatic carbocycles. The van der Waals surface area contributed by atoms with Crippen molar-refractivity contribution < 1.29 is 24.9 Å². The number of rotatable bonds is 3. The van der Waals surface area contributed by atoms with Crippen molar-refractivity contribution in [2.45, 2.75) is 18.5 Å². The molecule has 1 fully saturated rings. The standard InChI is InChI=1S/C18H17N5O5/c19-15-14-12(9-1-3-11(24)4-2-9)7-22(16(14)21-8-20-15)10-5-13(17(25)26)23(6-10)18(27)28/h1-4,7-8,10,13,24H,5-6H2,(H,25,26)(H,27,28)(H2,19,20,21)/t10-,13+/m0/s1. The molecule has 3 heterocycles. The number of aromatic hydroxyl groups is 1. The molecular formula is C18H17N5O5. The molecule has 0 saturated carbocycles. The largest absolute Gasteiger partial charge is 0.508 e. The molecule has 1 saturated heterocycles. The first-order valence-electron chi connectivity index (χ1n) is 8.49. The molecule has 0 spiro atoms. The van der Waals surface area contributed by atoms with Crippen LogP contribution in [0.25, 0.3) is 22.2 Å². The SMILES string of the molecule is Nc1ncnc2c1c(-c1ccc(O)cc1)cn2[C@H]1C[C@H](C(=O)O)N(C(=O)O)C1. The van der Waals surface area contributed by atoms with Gasteiger partial charge in [0.1, 0.15) is 29.6 Å². The average molecular weight is 383 g/mol. The average Bonchev–Trinajstić information content (AvgIpc) is 3.25. The molecule has 0 unspecified atom stereocenters. The Morgan fingerprint density at radius 2 is 1.86 bits per heavy atom. The minimum absolute atomic E-state index is 0.0228. The summed E-state index contributed by atoms with van der Waals surface area (Å²) in [6.45, 7) is 0.0228. The quantitative estimate of drug-likeness (QED) is 0.533.